The van der Waals surface area contributed by atoms with Crippen molar-refractivity contribution in [3.8, 4) is 0 Å². The molecule has 0 radical (unpaired) electrons. The minimum absolute atomic E-state index is 0. The molecule has 1 aromatic rings. The molecule has 6 heteroatoms. The third-order valence-electron chi connectivity index (χ3n) is 3.78. The molecule has 2 heterocycles. The van der Waals surface area contributed by atoms with Gasteiger partial charge >= 0.3 is 0 Å². The standard InChI is InChI=1S/C14H24N4O.ClH/c1-10-12(9-16-18(10)14(2,3)4)13(19)17(5)11-6-7-15-8-11;/h9,11,15H,6-8H2,1-5H3;1H. The van der Waals surface area contributed by atoms with Gasteiger partial charge in [-0.15, -0.1) is 12.4 Å². The van der Waals surface area contributed by atoms with E-state index in [9.17, 15) is 4.79 Å². The Labute approximate surface area is 127 Å². The van der Waals surface area contributed by atoms with Gasteiger partial charge in [0.05, 0.1) is 17.3 Å². The van der Waals surface area contributed by atoms with E-state index in [-0.39, 0.29) is 23.9 Å². The van der Waals surface area contributed by atoms with Crippen molar-refractivity contribution in [1.29, 1.82) is 0 Å². The SMILES string of the molecule is Cc1c(C(=O)N(C)C2CCNC2)cnn1C(C)(C)C.Cl. The predicted octanol–water partition coefficient (Wildman–Crippen LogP) is 1.80. The summed E-state index contributed by atoms with van der Waals surface area (Å²) < 4.78 is 1.92. The Kier molecular flexibility index (Phi) is 5.21. The molecule has 1 saturated heterocycles. The van der Waals surface area contributed by atoms with Crippen molar-refractivity contribution < 1.29 is 4.79 Å². The first-order chi connectivity index (χ1) is 8.82. The number of carbonyl (C=O) groups is 1. The summed E-state index contributed by atoms with van der Waals surface area (Å²) in [6, 6.07) is 0.296. The fraction of sp³-hybridized carbons (Fsp3) is 0.714. The summed E-state index contributed by atoms with van der Waals surface area (Å²) in [7, 11) is 1.88. The van der Waals surface area contributed by atoms with Crippen LogP contribution in [0.15, 0.2) is 6.20 Å². The molecular formula is C14H25ClN4O. The fourth-order valence-corrected chi connectivity index (χ4v) is 2.62. The van der Waals surface area contributed by atoms with Crippen molar-refractivity contribution in [2.75, 3.05) is 20.1 Å². The van der Waals surface area contributed by atoms with E-state index < -0.39 is 0 Å². The van der Waals surface area contributed by atoms with Gasteiger partial charge in [-0.05, 0) is 40.7 Å². The molecule has 1 aliphatic heterocycles. The fourth-order valence-electron chi connectivity index (χ4n) is 2.62. The van der Waals surface area contributed by atoms with Crippen LogP contribution in [0.5, 0.6) is 0 Å². The van der Waals surface area contributed by atoms with Gasteiger partial charge < -0.3 is 10.2 Å². The van der Waals surface area contributed by atoms with Crippen LogP contribution in [0, 0.1) is 6.92 Å². The molecule has 20 heavy (non-hydrogen) atoms. The van der Waals surface area contributed by atoms with E-state index in [0.29, 0.717) is 11.6 Å². The number of aromatic nitrogens is 2. The van der Waals surface area contributed by atoms with Crippen LogP contribution in [0.1, 0.15) is 43.2 Å². The molecule has 0 saturated carbocycles. The van der Waals surface area contributed by atoms with Crippen LogP contribution in [0.3, 0.4) is 0 Å². The van der Waals surface area contributed by atoms with E-state index in [4.69, 9.17) is 0 Å². The van der Waals surface area contributed by atoms with Crippen molar-refractivity contribution in [2.24, 2.45) is 0 Å². The van der Waals surface area contributed by atoms with Crippen molar-refractivity contribution >= 4 is 18.3 Å². The molecule has 114 valence electrons. The van der Waals surface area contributed by atoms with Crippen LogP contribution in [0.4, 0.5) is 0 Å². The Balaban J connectivity index is 0.00000200. The second kappa shape index (κ2) is 6.14. The van der Waals surface area contributed by atoms with Crippen molar-refractivity contribution in [3.05, 3.63) is 17.5 Å². The van der Waals surface area contributed by atoms with Crippen LogP contribution >= 0.6 is 12.4 Å². The molecule has 1 aromatic heterocycles. The zero-order valence-electron chi connectivity index (χ0n) is 12.9. The summed E-state index contributed by atoms with van der Waals surface area (Å²) in [5.41, 5.74) is 1.55. The highest BCUT2D eigenvalue weighted by molar-refractivity contribution is 5.95. The first-order valence-corrected chi connectivity index (χ1v) is 6.85. The summed E-state index contributed by atoms with van der Waals surface area (Å²) in [5.74, 6) is 0.0710. The van der Waals surface area contributed by atoms with Gasteiger partial charge in [-0.1, -0.05) is 0 Å². The Morgan fingerprint density at radius 3 is 2.60 bits per heavy atom. The summed E-state index contributed by atoms with van der Waals surface area (Å²) in [6.07, 6.45) is 2.72. The minimum Gasteiger partial charge on any atom is -0.337 e. The van der Waals surface area contributed by atoms with E-state index >= 15 is 0 Å². The van der Waals surface area contributed by atoms with E-state index in [1.165, 1.54) is 0 Å². The van der Waals surface area contributed by atoms with E-state index in [2.05, 4.69) is 31.2 Å². The molecule has 1 amide bonds. The number of carbonyl (C=O) groups excluding carboxylic acids is 1. The third-order valence-corrected chi connectivity index (χ3v) is 3.78. The smallest absolute Gasteiger partial charge is 0.257 e. The molecule has 1 atom stereocenters. The van der Waals surface area contributed by atoms with Gasteiger partial charge in [-0.2, -0.15) is 5.10 Å². The topological polar surface area (TPSA) is 50.2 Å². The van der Waals surface area contributed by atoms with Gasteiger partial charge in [0.25, 0.3) is 5.91 Å². The molecule has 5 nitrogen and oxygen atoms in total. The van der Waals surface area contributed by atoms with Crippen molar-refractivity contribution in [3.63, 3.8) is 0 Å². The number of hydrogen-bond acceptors (Lipinski definition) is 3. The Hall–Kier alpha value is -1.07. The summed E-state index contributed by atoms with van der Waals surface area (Å²) in [6.45, 7) is 10.1. The largest absolute Gasteiger partial charge is 0.337 e. The Morgan fingerprint density at radius 2 is 2.15 bits per heavy atom. The van der Waals surface area contributed by atoms with E-state index in [1.807, 2.05) is 23.6 Å². The lowest BCUT2D eigenvalue weighted by Gasteiger charge is -2.24. The first kappa shape index (κ1) is 17.0. The van der Waals surface area contributed by atoms with Crippen molar-refractivity contribution in [1.82, 2.24) is 20.0 Å². The maximum atomic E-state index is 12.5. The second-order valence-corrected chi connectivity index (χ2v) is 6.29. The van der Waals surface area contributed by atoms with Crippen LogP contribution in [0.2, 0.25) is 0 Å². The number of nitrogens with zero attached hydrogens (tertiary/aromatic N) is 3. The average molecular weight is 301 g/mol. The molecule has 2 rings (SSSR count). The number of rotatable bonds is 2. The lowest BCUT2D eigenvalue weighted by atomic mass is 10.1. The van der Waals surface area contributed by atoms with Gasteiger partial charge in [0.2, 0.25) is 0 Å². The zero-order valence-corrected chi connectivity index (χ0v) is 13.8. The lowest BCUT2D eigenvalue weighted by molar-refractivity contribution is 0.0742. The highest BCUT2D eigenvalue weighted by Crippen LogP contribution is 2.20. The third kappa shape index (κ3) is 3.15. The quantitative estimate of drug-likeness (QED) is 0.906. The molecule has 0 spiro atoms. The minimum atomic E-state index is -0.101. The molecular weight excluding hydrogens is 276 g/mol. The molecule has 1 unspecified atom stereocenters. The molecule has 0 aromatic carbocycles. The monoisotopic (exact) mass is 300 g/mol. The Bertz CT molecular complexity index is 472. The highest BCUT2D eigenvalue weighted by Gasteiger charge is 2.27. The van der Waals surface area contributed by atoms with E-state index in [1.54, 1.807) is 6.20 Å². The maximum absolute atomic E-state index is 12.5. The Morgan fingerprint density at radius 1 is 1.50 bits per heavy atom. The normalized spacial score (nSPS) is 18.8. The van der Waals surface area contributed by atoms with Crippen molar-refractivity contribution in [2.45, 2.75) is 45.7 Å². The van der Waals surface area contributed by atoms with Gasteiger partial charge in [-0.25, -0.2) is 0 Å². The number of halogens is 1. The number of likely N-dealkylation sites (N-methyl/N-ethyl adjacent to an activating group) is 1. The highest BCUT2D eigenvalue weighted by atomic mass is 35.5. The zero-order chi connectivity index (χ0) is 14.2. The van der Waals surface area contributed by atoms with Crippen LogP contribution in [-0.4, -0.2) is 46.8 Å². The average Bonchev–Trinajstić information content (AvgIpc) is 2.94. The number of hydrogen-bond donors (Lipinski definition) is 1. The maximum Gasteiger partial charge on any atom is 0.257 e. The van der Waals surface area contributed by atoms with Gasteiger partial charge in [-0.3, -0.25) is 9.48 Å². The molecule has 0 bridgehead atoms. The second-order valence-electron chi connectivity index (χ2n) is 6.29. The van der Waals surface area contributed by atoms with Crippen LogP contribution < -0.4 is 5.32 Å². The molecule has 1 N–H and O–H groups in total. The summed E-state index contributed by atoms with van der Waals surface area (Å²) in [4.78, 5) is 14.4. The van der Waals surface area contributed by atoms with Gasteiger partial charge in [0, 0.05) is 25.3 Å². The summed E-state index contributed by atoms with van der Waals surface area (Å²) >= 11 is 0. The summed E-state index contributed by atoms with van der Waals surface area (Å²) in [5, 5.41) is 7.66. The lowest BCUT2D eigenvalue weighted by Crippen LogP contribution is -2.38. The first-order valence-electron chi connectivity index (χ1n) is 6.85. The van der Waals surface area contributed by atoms with Gasteiger partial charge in [0.15, 0.2) is 0 Å². The predicted molar refractivity (Wildman–Crippen MR) is 82.6 cm³/mol. The van der Waals surface area contributed by atoms with Crippen LogP contribution in [-0.2, 0) is 5.54 Å². The molecule has 1 aliphatic rings. The van der Waals surface area contributed by atoms with Gasteiger partial charge in [0.1, 0.15) is 0 Å². The number of nitrogens with one attached hydrogen (secondary N) is 1. The van der Waals surface area contributed by atoms with E-state index in [0.717, 1.165) is 25.2 Å². The molecule has 1 fully saturated rings. The van der Waals surface area contributed by atoms with Crippen LogP contribution in [0.25, 0.3) is 0 Å². The number of amides is 1. The molecule has 0 aliphatic carbocycles.